The van der Waals surface area contributed by atoms with Crippen LogP contribution in [-0.4, -0.2) is 28.8 Å². The van der Waals surface area contributed by atoms with Crippen molar-refractivity contribution in [3.63, 3.8) is 0 Å². The van der Waals surface area contributed by atoms with Crippen molar-refractivity contribution in [3.05, 3.63) is 17.7 Å². The van der Waals surface area contributed by atoms with Gasteiger partial charge in [-0.1, -0.05) is 13.3 Å². The zero-order valence-corrected chi connectivity index (χ0v) is 13.6. The molecule has 6 nitrogen and oxygen atoms in total. The Labute approximate surface area is 136 Å². The van der Waals surface area contributed by atoms with Crippen molar-refractivity contribution in [1.29, 1.82) is 0 Å². The molecule has 23 heavy (non-hydrogen) atoms. The van der Waals surface area contributed by atoms with E-state index in [1.165, 1.54) is 13.0 Å². The van der Waals surface area contributed by atoms with E-state index in [-0.39, 0.29) is 17.9 Å². The van der Waals surface area contributed by atoms with Crippen LogP contribution in [0.3, 0.4) is 0 Å². The van der Waals surface area contributed by atoms with Crippen LogP contribution in [0, 0.1) is 0 Å². The number of carboxylic acid groups (broad SMARTS) is 1. The molecule has 0 aliphatic heterocycles. The van der Waals surface area contributed by atoms with Gasteiger partial charge in [0.2, 0.25) is 0 Å². The molecule has 1 aromatic rings. The molecule has 1 aromatic carbocycles. The number of rotatable bonds is 10. The quantitative estimate of drug-likeness (QED) is 0.390. The molecule has 2 N–H and O–H groups in total. The maximum atomic E-state index is 11.0. The molecule has 0 aromatic heterocycles. The summed E-state index contributed by atoms with van der Waals surface area (Å²) >= 11 is 0. The van der Waals surface area contributed by atoms with Crippen LogP contribution < -0.4 is 9.47 Å². The number of carbonyl (C=O) groups is 2. The Morgan fingerprint density at radius 1 is 1.13 bits per heavy atom. The Balaban J connectivity index is 2.64. The summed E-state index contributed by atoms with van der Waals surface area (Å²) in [5, 5.41) is 18.8. The predicted molar refractivity (Wildman–Crippen MR) is 85.0 cm³/mol. The molecule has 0 unspecified atom stereocenters. The second-order valence-corrected chi connectivity index (χ2v) is 5.29. The number of carboxylic acids is 1. The van der Waals surface area contributed by atoms with E-state index in [1.54, 1.807) is 6.07 Å². The Bertz CT molecular complexity index is 538. The highest BCUT2D eigenvalue weighted by molar-refractivity contribution is 5.71. The fourth-order valence-corrected chi connectivity index (χ4v) is 2.20. The maximum Gasteiger partial charge on any atom is 0.308 e. The molecule has 128 valence electrons. The van der Waals surface area contributed by atoms with Crippen LogP contribution in [0.4, 0.5) is 0 Å². The fraction of sp³-hybridized carbons (Fsp3) is 0.529. The minimum atomic E-state index is -0.790. The molecule has 0 atom stereocenters. The average Bonchev–Trinajstić information content (AvgIpc) is 2.48. The van der Waals surface area contributed by atoms with Crippen LogP contribution in [0.1, 0.15) is 51.5 Å². The lowest BCUT2D eigenvalue weighted by atomic mass is 10.1. The van der Waals surface area contributed by atoms with Gasteiger partial charge >= 0.3 is 11.9 Å². The number of unbranched alkanes of at least 4 members (excludes halogenated alkanes) is 2. The lowest BCUT2D eigenvalue weighted by molar-refractivity contribution is -0.137. The summed E-state index contributed by atoms with van der Waals surface area (Å²) in [5.74, 6) is -0.643. The van der Waals surface area contributed by atoms with Gasteiger partial charge in [-0.25, -0.2) is 0 Å². The lowest BCUT2D eigenvalue weighted by Crippen LogP contribution is -2.05. The zero-order chi connectivity index (χ0) is 17.2. The molecule has 0 fully saturated rings. The van der Waals surface area contributed by atoms with Crippen molar-refractivity contribution >= 4 is 11.9 Å². The molecule has 0 aliphatic carbocycles. The first kappa shape index (κ1) is 18.8. The van der Waals surface area contributed by atoms with Gasteiger partial charge in [0.1, 0.15) is 5.75 Å². The van der Waals surface area contributed by atoms with E-state index in [0.717, 1.165) is 19.3 Å². The second kappa shape index (κ2) is 9.71. The molecule has 0 radical (unpaired) electrons. The Morgan fingerprint density at radius 3 is 2.43 bits per heavy atom. The standard InChI is InChI=1S/C17H24O6/c1-3-7-13-14(22-11-6-4-5-8-16(19)20)9-10-15(17(13)21)23-12(2)18/h9-10,21H,3-8,11H2,1-2H3,(H,19,20). The molecular weight excluding hydrogens is 300 g/mol. The smallest absolute Gasteiger partial charge is 0.308 e. The molecule has 0 saturated heterocycles. The van der Waals surface area contributed by atoms with Gasteiger partial charge < -0.3 is 19.7 Å². The van der Waals surface area contributed by atoms with Crippen LogP contribution >= 0.6 is 0 Å². The number of phenols is 1. The van der Waals surface area contributed by atoms with Crippen molar-refractivity contribution in [2.45, 2.75) is 52.4 Å². The van der Waals surface area contributed by atoms with Crippen molar-refractivity contribution in [1.82, 2.24) is 0 Å². The summed E-state index contributed by atoms with van der Waals surface area (Å²) in [4.78, 5) is 21.5. The predicted octanol–water partition coefficient (Wildman–Crippen LogP) is 3.29. The van der Waals surface area contributed by atoms with E-state index >= 15 is 0 Å². The largest absolute Gasteiger partial charge is 0.504 e. The van der Waals surface area contributed by atoms with Crippen molar-refractivity contribution in [3.8, 4) is 17.2 Å². The van der Waals surface area contributed by atoms with Gasteiger partial charge in [0, 0.05) is 18.9 Å². The van der Waals surface area contributed by atoms with Crippen LogP contribution in [0.25, 0.3) is 0 Å². The van der Waals surface area contributed by atoms with E-state index in [0.29, 0.717) is 30.8 Å². The normalized spacial score (nSPS) is 10.3. The molecule has 1 rings (SSSR count). The van der Waals surface area contributed by atoms with E-state index < -0.39 is 11.9 Å². The van der Waals surface area contributed by atoms with Crippen LogP contribution in [0.15, 0.2) is 12.1 Å². The van der Waals surface area contributed by atoms with Gasteiger partial charge in [0.25, 0.3) is 0 Å². The van der Waals surface area contributed by atoms with Gasteiger partial charge in [0.05, 0.1) is 6.61 Å². The Hall–Kier alpha value is -2.24. The first-order valence-electron chi connectivity index (χ1n) is 7.83. The minimum absolute atomic E-state index is 0.0644. The van der Waals surface area contributed by atoms with Crippen molar-refractivity contribution < 1.29 is 29.3 Å². The third kappa shape index (κ3) is 6.59. The van der Waals surface area contributed by atoms with Gasteiger partial charge in [-0.2, -0.15) is 0 Å². The molecule has 0 amide bonds. The number of aliphatic carboxylic acids is 1. The number of hydrogen-bond donors (Lipinski definition) is 2. The van der Waals surface area contributed by atoms with Gasteiger partial charge in [-0.05, 0) is 37.8 Å². The number of carbonyl (C=O) groups excluding carboxylic acids is 1. The summed E-state index contributed by atoms with van der Waals surface area (Å²) in [6.07, 6.45) is 3.72. The summed E-state index contributed by atoms with van der Waals surface area (Å²) in [7, 11) is 0. The van der Waals surface area contributed by atoms with Gasteiger partial charge in [-0.15, -0.1) is 0 Å². The topological polar surface area (TPSA) is 93.1 Å². The van der Waals surface area contributed by atoms with E-state index in [4.69, 9.17) is 14.6 Å². The van der Waals surface area contributed by atoms with Crippen molar-refractivity contribution in [2.75, 3.05) is 6.61 Å². The molecule has 6 heteroatoms. The van der Waals surface area contributed by atoms with Crippen LogP contribution in [0.5, 0.6) is 17.2 Å². The third-order valence-corrected chi connectivity index (χ3v) is 3.25. The third-order valence-electron chi connectivity index (χ3n) is 3.25. The number of hydrogen-bond acceptors (Lipinski definition) is 5. The van der Waals surface area contributed by atoms with Gasteiger partial charge in [0.15, 0.2) is 11.5 Å². The first-order valence-corrected chi connectivity index (χ1v) is 7.83. The minimum Gasteiger partial charge on any atom is -0.504 e. The molecule has 0 bridgehead atoms. The Morgan fingerprint density at radius 2 is 1.83 bits per heavy atom. The number of ether oxygens (including phenoxy) is 2. The summed E-state index contributed by atoms with van der Waals surface area (Å²) in [6, 6.07) is 3.19. The maximum absolute atomic E-state index is 11.0. The molecule has 0 saturated carbocycles. The number of phenolic OH excluding ortho intramolecular Hbond substituents is 1. The highest BCUT2D eigenvalue weighted by Crippen LogP contribution is 2.37. The molecular formula is C17H24O6. The second-order valence-electron chi connectivity index (χ2n) is 5.29. The number of esters is 1. The number of aromatic hydroxyl groups is 1. The molecule has 0 aliphatic rings. The SMILES string of the molecule is CCCc1c(OCCCCCC(=O)O)ccc(OC(C)=O)c1O. The summed E-state index contributed by atoms with van der Waals surface area (Å²) in [5.41, 5.74) is 0.622. The van der Waals surface area contributed by atoms with Crippen molar-refractivity contribution in [2.24, 2.45) is 0 Å². The number of benzene rings is 1. The fourth-order valence-electron chi connectivity index (χ4n) is 2.20. The van der Waals surface area contributed by atoms with Gasteiger partial charge in [-0.3, -0.25) is 9.59 Å². The highest BCUT2D eigenvalue weighted by Gasteiger charge is 2.15. The average molecular weight is 324 g/mol. The molecule has 0 spiro atoms. The lowest BCUT2D eigenvalue weighted by Gasteiger charge is -2.15. The Kier molecular flexibility index (Phi) is 7.94. The monoisotopic (exact) mass is 324 g/mol. The first-order chi connectivity index (χ1) is 11.0. The van der Waals surface area contributed by atoms with E-state index in [2.05, 4.69) is 0 Å². The van der Waals surface area contributed by atoms with Crippen LogP contribution in [0.2, 0.25) is 0 Å². The summed E-state index contributed by atoms with van der Waals surface area (Å²) in [6.45, 7) is 3.71. The van der Waals surface area contributed by atoms with Crippen LogP contribution in [-0.2, 0) is 16.0 Å². The molecule has 0 heterocycles. The van der Waals surface area contributed by atoms with E-state index in [9.17, 15) is 14.7 Å². The highest BCUT2D eigenvalue weighted by atomic mass is 16.5. The summed E-state index contributed by atoms with van der Waals surface area (Å²) < 4.78 is 10.7. The van der Waals surface area contributed by atoms with E-state index in [1.807, 2.05) is 6.92 Å². The zero-order valence-electron chi connectivity index (χ0n) is 13.6.